The number of hydrogen-bond acceptors (Lipinski definition) is 8. The van der Waals surface area contributed by atoms with Gasteiger partial charge in [-0.3, -0.25) is 20.0 Å². The van der Waals surface area contributed by atoms with Crippen LogP contribution in [0.1, 0.15) is 47.9 Å². The first-order valence-corrected chi connectivity index (χ1v) is 14.8. The molecule has 4 aliphatic heterocycles. The van der Waals surface area contributed by atoms with E-state index >= 15 is 0 Å². The minimum absolute atomic E-state index is 0.851. The SMILES string of the molecule is c1c(C2=NCCCN2)c2ccc3c(C4=NCCCN4)cc(C4=NCCCN4)c4ccc(c1C1=NCCCN1)c2c34. The van der Waals surface area contributed by atoms with Crippen molar-refractivity contribution >= 4 is 55.7 Å². The van der Waals surface area contributed by atoms with E-state index in [2.05, 4.69) is 57.7 Å². The van der Waals surface area contributed by atoms with Crippen molar-refractivity contribution in [2.45, 2.75) is 25.7 Å². The third-order valence-corrected chi connectivity index (χ3v) is 8.51. The molecule has 0 amide bonds. The second-order valence-electron chi connectivity index (χ2n) is 11.1. The highest BCUT2D eigenvalue weighted by atomic mass is 15.0. The van der Waals surface area contributed by atoms with Crippen LogP contribution in [0.5, 0.6) is 0 Å². The summed E-state index contributed by atoms with van der Waals surface area (Å²) in [4.78, 5) is 19.7. The Morgan fingerprint density at radius 1 is 0.400 bits per heavy atom. The van der Waals surface area contributed by atoms with Crippen molar-refractivity contribution < 1.29 is 0 Å². The second-order valence-corrected chi connectivity index (χ2v) is 11.1. The van der Waals surface area contributed by atoms with E-state index < -0.39 is 0 Å². The first kappa shape index (κ1) is 23.7. The van der Waals surface area contributed by atoms with E-state index in [0.29, 0.717) is 0 Å². The first-order chi connectivity index (χ1) is 19.9. The van der Waals surface area contributed by atoms with Gasteiger partial charge < -0.3 is 21.3 Å². The Morgan fingerprint density at radius 2 is 0.675 bits per heavy atom. The first-order valence-electron chi connectivity index (χ1n) is 14.8. The quantitative estimate of drug-likeness (QED) is 0.304. The zero-order valence-corrected chi connectivity index (χ0v) is 22.7. The van der Waals surface area contributed by atoms with E-state index in [4.69, 9.17) is 20.0 Å². The van der Waals surface area contributed by atoms with Gasteiger partial charge >= 0.3 is 0 Å². The van der Waals surface area contributed by atoms with Crippen LogP contribution in [0.2, 0.25) is 0 Å². The number of rotatable bonds is 4. The van der Waals surface area contributed by atoms with Crippen LogP contribution < -0.4 is 21.3 Å². The van der Waals surface area contributed by atoms with Gasteiger partial charge in [0.15, 0.2) is 0 Å². The molecule has 0 spiro atoms. The number of aliphatic imine (C=N–C) groups is 4. The van der Waals surface area contributed by atoms with Crippen LogP contribution >= 0.6 is 0 Å². The molecule has 202 valence electrons. The van der Waals surface area contributed by atoms with Crippen molar-refractivity contribution in [1.82, 2.24) is 21.3 Å². The van der Waals surface area contributed by atoms with Crippen molar-refractivity contribution in [2.24, 2.45) is 20.0 Å². The number of amidine groups is 4. The van der Waals surface area contributed by atoms with Crippen LogP contribution in [-0.2, 0) is 0 Å². The second kappa shape index (κ2) is 9.77. The minimum atomic E-state index is 0.851. The Morgan fingerprint density at radius 3 is 0.900 bits per heavy atom. The number of benzene rings is 4. The summed E-state index contributed by atoms with van der Waals surface area (Å²) in [7, 11) is 0. The maximum Gasteiger partial charge on any atom is 0.128 e. The van der Waals surface area contributed by atoms with E-state index in [1.807, 2.05) is 0 Å². The van der Waals surface area contributed by atoms with E-state index in [1.54, 1.807) is 0 Å². The Kier molecular flexibility index (Phi) is 5.78. The van der Waals surface area contributed by atoms with Crippen molar-refractivity contribution in [3.63, 3.8) is 0 Å². The third kappa shape index (κ3) is 3.80. The van der Waals surface area contributed by atoms with Gasteiger partial charge in [-0.15, -0.1) is 0 Å². The lowest BCUT2D eigenvalue weighted by Gasteiger charge is -2.25. The van der Waals surface area contributed by atoms with Gasteiger partial charge in [-0.1, -0.05) is 24.3 Å². The summed E-state index contributed by atoms with van der Waals surface area (Å²) in [6, 6.07) is 13.8. The number of hydrogen-bond donors (Lipinski definition) is 4. The zero-order valence-electron chi connectivity index (χ0n) is 22.7. The van der Waals surface area contributed by atoms with Crippen LogP contribution in [0, 0.1) is 0 Å². The molecule has 0 aliphatic carbocycles. The molecule has 0 radical (unpaired) electrons. The Bertz CT molecular complexity index is 1510. The van der Waals surface area contributed by atoms with E-state index in [1.165, 1.54) is 32.3 Å². The van der Waals surface area contributed by atoms with Crippen molar-refractivity contribution in [3.05, 3.63) is 58.7 Å². The number of nitrogens with one attached hydrogen (secondary N) is 4. The molecule has 4 aliphatic rings. The fourth-order valence-corrected chi connectivity index (χ4v) is 6.63. The highest BCUT2D eigenvalue weighted by Crippen LogP contribution is 2.41. The number of nitrogens with zero attached hydrogens (tertiary/aromatic N) is 4. The van der Waals surface area contributed by atoms with Gasteiger partial charge in [0.1, 0.15) is 23.3 Å². The zero-order chi connectivity index (χ0) is 26.5. The van der Waals surface area contributed by atoms with Crippen molar-refractivity contribution in [2.75, 3.05) is 52.4 Å². The Hall–Kier alpha value is -4.20. The smallest absolute Gasteiger partial charge is 0.128 e. The minimum Gasteiger partial charge on any atom is -0.370 e. The fraction of sp³-hybridized carbons (Fsp3) is 0.375. The van der Waals surface area contributed by atoms with Crippen molar-refractivity contribution in [3.8, 4) is 0 Å². The predicted molar refractivity (Wildman–Crippen MR) is 166 cm³/mol. The monoisotopic (exact) mass is 530 g/mol. The molecule has 4 aromatic carbocycles. The standard InChI is InChI=1S/C32H34N8/c1-9-33-29(34-10-1)23-17-24(30-35-11-2-12-36-30)20-7-8-22-26(32-39-15-4-16-40-32)18-25(31-37-13-3-14-38-31)21-6-5-19(23)27(20)28(21)22/h5-8,17-18H,1-4,9-16H2,(H,33,34)(H,35,36)(H,37,38)(H,39,40). The van der Waals surface area contributed by atoms with Crippen molar-refractivity contribution in [1.29, 1.82) is 0 Å². The van der Waals surface area contributed by atoms with E-state index in [-0.39, 0.29) is 0 Å². The molecule has 0 fully saturated rings. The molecule has 0 saturated carbocycles. The molecule has 8 heteroatoms. The van der Waals surface area contributed by atoms with E-state index in [9.17, 15) is 0 Å². The van der Waals surface area contributed by atoms with Crippen LogP contribution in [0.3, 0.4) is 0 Å². The Labute approximate surface area is 233 Å². The molecule has 8 nitrogen and oxygen atoms in total. The van der Waals surface area contributed by atoms with Crippen LogP contribution in [-0.4, -0.2) is 75.7 Å². The van der Waals surface area contributed by atoms with Crippen LogP contribution in [0.15, 0.2) is 56.4 Å². The van der Waals surface area contributed by atoms with E-state index in [0.717, 1.165) is 124 Å². The molecule has 40 heavy (non-hydrogen) atoms. The molecule has 0 unspecified atom stereocenters. The fourth-order valence-electron chi connectivity index (χ4n) is 6.63. The van der Waals surface area contributed by atoms with Crippen LogP contribution in [0.25, 0.3) is 32.3 Å². The summed E-state index contributed by atoms with van der Waals surface area (Å²) < 4.78 is 0. The van der Waals surface area contributed by atoms with Gasteiger partial charge in [-0.2, -0.15) is 0 Å². The summed E-state index contributed by atoms with van der Waals surface area (Å²) >= 11 is 0. The lowest BCUT2D eigenvalue weighted by molar-refractivity contribution is 0.741. The highest BCUT2D eigenvalue weighted by Gasteiger charge is 2.25. The molecule has 0 bridgehead atoms. The Balaban J connectivity index is 1.51. The molecule has 0 saturated heterocycles. The summed E-state index contributed by atoms with van der Waals surface area (Å²) in [5.74, 6) is 3.94. The average Bonchev–Trinajstić information content (AvgIpc) is 3.04. The van der Waals surface area contributed by atoms with Gasteiger partial charge in [-0.25, -0.2) is 0 Å². The third-order valence-electron chi connectivity index (χ3n) is 8.51. The molecular formula is C32H34N8. The summed E-state index contributed by atoms with van der Waals surface area (Å²) in [6.45, 7) is 7.19. The lowest BCUT2D eigenvalue weighted by atomic mass is 9.85. The summed E-state index contributed by atoms with van der Waals surface area (Å²) in [5, 5.41) is 21.8. The lowest BCUT2D eigenvalue weighted by Crippen LogP contribution is -2.33. The average molecular weight is 531 g/mol. The molecular weight excluding hydrogens is 496 g/mol. The molecule has 4 N–H and O–H groups in total. The van der Waals surface area contributed by atoms with Gasteiger partial charge in [-0.05, 0) is 70.1 Å². The largest absolute Gasteiger partial charge is 0.370 e. The normalized spacial score (nSPS) is 19.7. The van der Waals surface area contributed by atoms with Crippen LogP contribution in [0.4, 0.5) is 0 Å². The topological polar surface area (TPSA) is 97.6 Å². The molecule has 4 aromatic rings. The summed E-state index contributed by atoms with van der Waals surface area (Å²) in [5.41, 5.74) is 4.61. The van der Waals surface area contributed by atoms with Gasteiger partial charge in [0.25, 0.3) is 0 Å². The van der Waals surface area contributed by atoms with Gasteiger partial charge in [0, 0.05) is 74.6 Å². The molecule has 8 rings (SSSR count). The predicted octanol–water partition coefficient (Wildman–Crippen LogP) is 3.54. The van der Waals surface area contributed by atoms with Gasteiger partial charge in [0.2, 0.25) is 0 Å². The molecule has 0 atom stereocenters. The molecule has 0 aromatic heterocycles. The molecule has 4 heterocycles. The highest BCUT2D eigenvalue weighted by molar-refractivity contribution is 6.34. The maximum absolute atomic E-state index is 4.94. The van der Waals surface area contributed by atoms with Gasteiger partial charge in [0.05, 0.1) is 0 Å². The maximum atomic E-state index is 4.94. The summed E-state index contributed by atoms with van der Waals surface area (Å²) in [6.07, 6.45) is 4.25.